The number of aromatic nitrogens is 5. The maximum absolute atomic E-state index is 15.4. The smallest absolute Gasteiger partial charge is 0.407 e. The largest absolute Gasteiger partial charge is 0.447 e. The highest BCUT2D eigenvalue weighted by Gasteiger charge is 2.41. The Kier molecular flexibility index (Phi) is 11.4. The number of amides is 2. The predicted molar refractivity (Wildman–Crippen MR) is 182 cm³/mol. The highest BCUT2D eigenvalue weighted by molar-refractivity contribution is 6.32. The molecule has 1 saturated carbocycles. The van der Waals surface area contributed by atoms with E-state index >= 15 is 4.39 Å². The Hall–Kier alpha value is -5.13. The minimum absolute atomic E-state index is 0.0563. The van der Waals surface area contributed by atoms with E-state index in [1.54, 1.807) is 16.2 Å². The van der Waals surface area contributed by atoms with Crippen LogP contribution in [-0.4, -0.2) is 66.7 Å². The van der Waals surface area contributed by atoms with Gasteiger partial charge in [-0.15, -0.1) is 0 Å². The van der Waals surface area contributed by atoms with Gasteiger partial charge in [-0.25, -0.2) is 32.6 Å². The van der Waals surface area contributed by atoms with E-state index in [1.165, 1.54) is 36.5 Å². The van der Waals surface area contributed by atoms with Crippen molar-refractivity contribution in [1.82, 2.24) is 34.8 Å². The lowest BCUT2D eigenvalue weighted by atomic mass is 10.0. The number of guanidine groups is 1. The molecule has 284 valence electrons. The van der Waals surface area contributed by atoms with Crippen LogP contribution in [0, 0.1) is 11.2 Å². The van der Waals surface area contributed by atoms with Crippen LogP contribution < -0.4 is 11.1 Å². The van der Waals surface area contributed by atoms with Gasteiger partial charge >= 0.3 is 12.3 Å². The lowest BCUT2D eigenvalue weighted by molar-refractivity contribution is -0.129. The molecular weight excluding hydrogens is 732 g/mol. The molecule has 2 aliphatic rings. The van der Waals surface area contributed by atoms with Crippen molar-refractivity contribution >= 4 is 29.6 Å². The standard InChI is InChI=1S/C29H24ClF6N9O3.C5H12/c30-19-6-2-14(8-21(19)45-25(24(32)33)39-13-41-45)22(11-48-28(47)38-12-29(34,35)36)44-26(46)23(42-27(44)37)15-1-5-18(20(31)7-15)16-9-40-43(10-16)17-3-4-17;1-5(2,3)4/h1-2,5-10,13,17,22-24H,3-4,11-12H2,(H2,37,42)(H,38,47);1-4H3. The van der Waals surface area contributed by atoms with E-state index in [4.69, 9.17) is 22.1 Å². The van der Waals surface area contributed by atoms with Gasteiger partial charge in [0.15, 0.2) is 17.8 Å². The molecule has 1 fully saturated rings. The molecule has 0 bridgehead atoms. The van der Waals surface area contributed by atoms with Crippen LogP contribution >= 0.6 is 11.6 Å². The number of carbonyl (C=O) groups excluding carboxylic acids is 2. The van der Waals surface area contributed by atoms with Gasteiger partial charge in [0, 0.05) is 17.3 Å². The number of nitrogens with two attached hydrogens (primary N) is 1. The van der Waals surface area contributed by atoms with Gasteiger partial charge in [-0.1, -0.05) is 57.5 Å². The molecule has 1 aliphatic carbocycles. The van der Waals surface area contributed by atoms with Crippen molar-refractivity contribution in [1.29, 1.82) is 0 Å². The van der Waals surface area contributed by atoms with Crippen molar-refractivity contribution in [2.75, 3.05) is 13.2 Å². The summed E-state index contributed by atoms with van der Waals surface area (Å²) in [5.41, 5.74) is 7.57. The van der Waals surface area contributed by atoms with Gasteiger partial charge in [-0.3, -0.25) is 14.4 Å². The molecule has 3 heterocycles. The van der Waals surface area contributed by atoms with Crippen LogP contribution in [0.4, 0.5) is 31.1 Å². The Morgan fingerprint density at radius 2 is 1.79 bits per heavy atom. The number of rotatable bonds is 10. The molecule has 0 spiro atoms. The van der Waals surface area contributed by atoms with Crippen LogP contribution in [0.15, 0.2) is 60.1 Å². The number of ether oxygens (including phenoxy) is 1. The third kappa shape index (κ3) is 9.85. The molecule has 2 unspecified atom stereocenters. The van der Waals surface area contributed by atoms with Gasteiger partial charge in [0.25, 0.3) is 12.3 Å². The number of hydrogen-bond donors (Lipinski definition) is 2. The summed E-state index contributed by atoms with van der Waals surface area (Å²) in [6.07, 6.45) is -3.14. The van der Waals surface area contributed by atoms with Crippen molar-refractivity contribution in [3.05, 3.63) is 82.9 Å². The third-order valence-electron chi connectivity index (χ3n) is 7.59. The topological polar surface area (TPSA) is 146 Å². The summed E-state index contributed by atoms with van der Waals surface area (Å²) in [4.78, 5) is 34.7. The molecule has 2 atom stereocenters. The summed E-state index contributed by atoms with van der Waals surface area (Å²) in [6.45, 7) is 6.29. The van der Waals surface area contributed by atoms with Crippen molar-refractivity contribution in [2.45, 2.75) is 71.3 Å². The van der Waals surface area contributed by atoms with Gasteiger partial charge in [0.2, 0.25) is 0 Å². The Labute approximate surface area is 305 Å². The first-order valence-corrected chi connectivity index (χ1v) is 16.6. The molecule has 6 rings (SSSR count). The second kappa shape index (κ2) is 15.5. The summed E-state index contributed by atoms with van der Waals surface area (Å²) < 4.78 is 88.1. The Morgan fingerprint density at radius 3 is 2.42 bits per heavy atom. The molecule has 0 radical (unpaired) electrons. The van der Waals surface area contributed by atoms with E-state index in [9.17, 15) is 31.5 Å². The first-order valence-electron chi connectivity index (χ1n) is 16.3. The number of halogens is 7. The minimum Gasteiger partial charge on any atom is -0.447 e. The SMILES string of the molecule is CC(C)(C)C.NC1=NC(c2ccc(-c3cnn(C4CC4)c3)c(F)c2)C(=O)N1C(COC(=O)NCC(F)(F)F)c1ccc(Cl)c(-n2ncnc2C(F)F)c1. The van der Waals surface area contributed by atoms with Crippen LogP contribution in [0.1, 0.15) is 82.0 Å². The Morgan fingerprint density at radius 1 is 1.09 bits per heavy atom. The zero-order valence-electron chi connectivity index (χ0n) is 28.9. The van der Waals surface area contributed by atoms with E-state index in [0.29, 0.717) is 11.0 Å². The first-order chi connectivity index (χ1) is 24.8. The summed E-state index contributed by atoms with van der Waals surface area (Å²) in [5.74, 6) is -2.60. The highest BCUT2D eigenvalue weighted by atomic mass is 35.5. The second-order valence-electron chi connectivity index (χ2n) is 13.9. The van der Waals surface area contributed by atoms with E-state index in [-0.39, 0.29) is 33.4 Å². The van der Waals surface area contributed by atoms with Gasteiger partial charge in [-0.05, 0) is 47.6 Å². The van der Waals surface area contributed by atoms with Crippen LogP contribution in [0.25, 0.3) is 16.8 Å². The van der Waals surface area contributed by atoms with Crippen molar-refractivity contribution in [3.63, 3.8) is 0 Å². The number of carbonyl (C=O) groups is 2. The molecule has 53 heavy (non-hydrogen) atoms. The van der Waals surface area contributed by atoms with Crippen molar-refractivity contribution in [2.24, 2.45) is 16.1 Å². The Bertz CT molecular complexity index is 1980. The number of hydrogen-bond acceptors (Lipinski definition) is 8. The summed E-state index contributed by atoms with van der Waals surface area (Å²) in [6, 6.07) is 5.54. The fourth-order valence-corrected chi connectivity index (χ4v) is 5.36. The lowest BCUT2D eigenvalue weighted by Gasteiger charge is -2.28. The number of benzene rings is 2. The van der Waals surface area contributed by atoms with Crippen LogP contribution in [-0.2, 0) is 9.53 Å². The normalized spacial score (nSPS) is 16.7. The third-order valence-corrected chi connectivity index (χ3v) is 7.91. The number of alkyl halides is 5. The zero-order valence-corrected chi connectivity index (χ0v) is 29.7. The molecule has 2 aromatic heterocycles. The number of nitrogens with one attached hydrogen (secondary N) is 1. The number of aliphatic imine (C=N–C) groups is 1. The fourth-order valence-electron chi connectivity index (χ4n) is 5.16. The molecule has 2 aromatic carbocycles. The van der Waals surface area contributed by atoms with E-state index in [2.05, 4.69) is 47.9 Å². The monoisotopic (exact) mass is 767 g/mol. The lowest BCUT2D eigenvalue weighted by Crippen LogP contribution is -2.43. The highest BCUT2D eigenvalue weighted by Crippen LogP contribution is 2.38. The molecule has 0 saturated heterocycles. The van der Waals surface area contributed by atoms with Gasteiger partial charge in [0.05, 0.1) is 29.0 Å². The van der Waals surface area contributed by atoms with Crippen LogP contribution in [0.2, 0.25) is 5.02 Å². The summed E-state index contributed by atoms with van der Waals surface area (Å²) in [7, 11) is 0. The number of alkyl carbamates (subject to hydrolysis) is 1. The molecule has 2 amide bonds. The molecule has 4 aromatic rings. The van der Waals surface area contributed by atoms with Gasteiger partial charge < -0.3 is 15.8 Å². The van der Waals surface area contributed by atoms with E-state index < -0.39 is 67.4 Å². The molecule has 1 aliphatic heterocycles. The molecule has 12 nitrogen and oxygen atoms in total. The molecule has 19 heteroatoms. The summed E-state index contributed by atoms with van der Waals surface area (Å²) >= 11 is 6.29. The van der Waals surface area contributed by atoms with Gasteiger partial charge in [0.1, 0.15) is 25.3 Å². The minimum atomic E-state index is -4.73. The van der Waals surface area contributed by atoms with Crippen molar-refractivity contribution in [3.8, 4) is 16.8 Å². The fraction of sp³-hybridized carbons (Fsp3) is 0.412. The number of nitrogens with zero attached hydrogens (tertiary/aromatic N) is 7. The molecule has 3 N–H and O–H groups in total. The van der Waals surface area contributed by atoms with Crippen LogP contribution in [0.3, 0.4) is 0 Å². The maximum Gasteiger partial charge on any atom is 0.407 e. The quantitative estimate of drug-likeness (QED) is 0.159. The van der Waals surface area contributed by atoms with Gasteiger partial charge in [-0.2, -0.15) is 23.4 Å². The first kappa shape index (κ1) is 39.1. The average molecular weight is 768 g/mol. The summed E-state index contributed by atoms with van der Waals surface area (Å²) in [5, 5.41) is 9.55. The van der Waals surface area contributed by atoms with Crippen LogP contribution in [0.5, 0.6) is 0 Å². The second-order valence-corrected chi connectivity index (χ2v) is 14.3. The average Bonchev–Trinajstić information content (AvgIpc) is 3.45. The molecular formula is C34H36ClF6N9O3. The maximum atomic E-state index is 15.4. The zero-order chi connectivity index (χ0) is 38.8. The predicted octanol–water partition coefficient (Wildman–Crippen LogP) is 7.48. The van der Waals surface area contributed by atoms with E-state index in [1.807, 2.05) is 0 Å². The van der Waals surface area contributed by atoms with Crippen molar-refractivity contribution < 1.29 is 40.7 Å². The Balaban J connectivity index is 0.00000101. The van der Waals surface area contributed by atoms with E-state index in [0.717, 1.165) is 34.8 Å².